The lowest BCUT2D eigenvalue weighted by Gasteiger charge is -2.33. The molecule has 0 aromatic heterocycles. The highest BCUT2D eigenvalue weighted by atomic mass is 16.5. The van der Waals surface area contributed by atoms with Crippen molar-refractivity contribution >= 4 is 6.47 Å². The van der Waals surface area contributed by atoms with Gasteiger partial charge in [0.15, 0.2) is 0 Å². The van der Waals surface area contributed by atoms with Crippen molar-refractivity contribution in [3.63, 3.8) is 0 Å². The summed E-state index contributed by atoms with van der Waals surface area (Å²) in [4.78, 5) is 9.60. The number of nitriles is 1. The summed E-state index contributed by atoms with van der Waals surface area (Å²) in [7, 11) is 0. The molecule has 1 aromatic carbocycles. The Hall–Kier alpha value is -1.90. The first-order valence-electron chi connectivity index (χ1n) is 7.36. The zero-order valence-electron chi connectivity index (χ0n) is 13.4. The molecular formula is C17H24N2O3. The topological polar surface area (TPSA) is 82.4 Å². The van der Waals surface area contributed by atoms with Crippen molar-refractivity contribution in [3.05, 3.63) is 35.4 Å². The van der Waals surface area contributed by atoms with Crippen molar-refractivity contribution in [3.8, 4) is 6.07 Å². The van der Waals surface area contributed by atoms with Crippen LogP contribution in [-0.2, 0) is 15.1 Å². The summed E-state index contributed by atoms with van der Waals surface area (Å²) in [6.45, 7) is 7.61. The van der Waals surface area contributed by atoms with Gasteiger partial charge in [0.25, 0.3) is 6.47 Å². The third kappa shape index (κ3) is 5.84. The first-order chi connectivity index (χ1) is 10.3. The molecule has 5 nitrogen and oxygen atoms in total. The molecule has 1 saturated heterocycles. The molecule has 2 rings (SSSR count). The zero-order valence-corrected chi connectivity index (χ0v) is 13.4. The second-order valence-electron chi connectivity index (χ2n) is 6.30. The minimum Gasteiger partial charge on any atom is -0.462 e. The Balaban J connectivity index is 0.000000295. The highest BCUT2D eigenvalue weighted by molar-refractivity contribution is 5.37. The standard InChI is InChI=1S/C12H14N2O.C5H10O2/c13-9-10-1-3-11(4-2-10)12(15)5-7-14-8-6-12;1-5(2,3)7-4-6/h1-4,14-15H,5-8H2;4H,1-3H3. The van der Waals surface area contributed by atoms with Crippen LogP contribution in [0, 0.1) is 11.3 Å². The molecule has 0 radical (unpaired) electrons. The van der Waals surface area contributed by atoms with Gasteiger partial charge in [0.2, 0.25) is 0 Å². The lowest BCUT2D eigenvalue weighted by atomic mass is 9.85. The minimum atomic E-state index is -0.709. The van der Waals surface area contributed by atoms with Gasteiger partial charge in [-0.15, -0.1) is 0 Å². The summed E-state index contributed by atoms with van der Waals surface area (Å²) >= 11 is 0. The minimum absolute atomic E-state index is 0.318. The number of nitrogens with zero attached hydrogens (tertiary/aromatic N) is 1. The summed E-state index contributed by atoms with van der Waals surface area (Å²) in [6.07, 6.45) is 1.47. The molecule has 1 aromatic rings. The van der Waals surface area contributed by atoms with Crippen molar-refractivity contribution < 1.29 is 14.6 Å². The number of hydrogen-bond acceptors (Lipinski definition) is 5. The van der Waals surface area contributed by atoms with Crippen LogP contribution in [0.25, 0.3) is 0 Å². The first-order valence-corrected chi connectivity index (χ1v) is 7.36. The quantitative estimate of drug-likeness (QED) is 0.818. The van der Waals surface area contributed by atoms with Crippen LogP contribution in [0.15, 0.2) is 24.3 Å². The van der Waals surface area contributed by atoms with Gasteiger partial charge in [0.05, 0.1) is 17.2 Å². The van der Waals surface area contributed by atoms with Crippen molar-refractivity contribution in [2.75, 3.05) is 13.1 Å². The van der Waals surface area contributed by atoms with E-state index in [2.05, 4.69) is 16.1 Å². The summed E-state index contributed by atoms with van der Waals surface area (Å²) in [6, 6.07) is 9.30. The number of carbonyl (C=O) groups excluding carboxylic acids is 1. The number of nitrogens with one attached hydrogen (secondary N) is 1. The average Bonchev–Trinajstić information content (AvgIpc) is 2.47. The van der Waals surface area contributed by atoms with Crippen LogP contribution >= 0.6 is 0 Å². The van der Waals surface area contributed by atoms with Gasteiger partial charge in [0.1, 0.15) is 5.60 Å². The molecule has 2 N–H and O–H groups in total. The number of rotatable bonds is 2. The molecule has 1 fully saturated rings. The van der Waals surface area contributed by atoms with E-state index in [1.807, 2.05) is 32.9 Å². The molecule has 0 spiro atoms. The lowest BCUT2D eigenvalue weighted by molar-refractivity contribution is -0.138. The Morgan fingerprint density at radius 3 is 2.18 bits per heavy atom. The van der Waals surface area contributed by atoms with Crippen molar-refractivity contribution in [1.29, 1.82) is 5.26 Å². The van der Waals surface area contributed by atoms with E-state index in [0.29, 0.717) is 12.0 Å². The zero-order chi connectivity index (χ0) is 16.6. The van der Waals surface area contributed by atoms with E-state index in [-0.39, 0.29) is 5.60 Å². The smallest absolute Gasteiger partial charge is 0.293 e. The average molecular weight is 304 g/mol. The maximum absolute atomic E-state index is 10.4. The molecule has 120 valence electrons. The molecule has 5 heteroatoms. The fourth-order valence-corrected chi connectivity index (χ4v) is 2.13. The van der Waals surface area contributed by atoms with Crippen LogP contribution in [0.1, 0.15) is 44.7 Å². The van der Waals surface area contributed by atoms with Gasteiger partial charge < -0.3 is 15.2 Å². The Kier molecular flexibility index (Phi) is 6.54. The summed E-state index contributed by atoms with van der Waals surface area (Å²) in [5.74, 6) is 0. The maximum atomic E-state index is 10.4. The molecule has 22 heavy (non-hydrogen) atoms. The second kappa shape index (κ2) is 7.92. The SMILES string of the molecule is CC(C)(C)OC=O.N#Cc1ccc(C2(O)CCNCC2)cc1. The number of hydrogen-bond donors (Lipinski definition) is 2. The van der Waals surface area contributed by atoms with Crippen molar-refractivity contribution in [1.82, 2.24) is 5.32 Å². The molecule has 1 aliphatic rings. The van der Waals surface area contributed by atoms with E-state index >= 15 is 0 Å². The fourth-order valence-electron chi connectivity index (χ4n) is 2.13. The molecule has 0 saturated carbocycles. The number of piperidine rings is 1. The van der Waals surface area contributed by atoms with Crippen LogP contribution in [0.2, 0.25) is 0 Å². The van der Waals surface area contributed by atoms with E-state index in [1.54, 1.807) is 12.1 Å². The molecule has 1 aliphatic heterocycles. The predicted molar refractivity (Wildman–Crippen MR) is 84.1 cm³/mol. The molecule has 0 bridgehead atoms. The van der Waals surface area contributed by atoms with E-state index in [9.17, 15) is 9.90 Å². The molecule has 0 atom stereocenters. The van der Waals surface area contributed by atoms with Crippen LogP contribution in [0.3, 0.4) is 0 Å². The lowest BCUT2D eigenvalue weighted by Crippen LogP contribution is -2.39. The van der Waals surface area contributed by atoms with Gasteiger partial charge in [0, 0.05) is 0 Å². The highest BCUT2D eigenvalue weighted by Gasteiger charge is 2.30. The molecule has 0 aliphatic carbocycles. The monoisotopic (exact) mass is 304 g/mol. The van der Waals surface area contributed by atoms with Crippen LogP contribution in [0.5, 0.6) is 0 Å². The van der Waals surface area contributed by atoms with Gasteiger partial charge in [-0.1, -0.05) is 12.1 Å². The van der Waals surface area contributed by atoms with Gasteiger partial charge in [-0.05, 0) is 64.4 Å². The Bertz CT molecular complexity index is 506. The Morgan fingerprint density at radius 1 is 1.27 bits per heavy atom. The third-order valence-electron chi connectivity index (χ3n) is 3.38. The second-order valence-corrected chi connectivity index (χ2v) is 6.30. The molecular weight excluding hydrogens is 280 g/mol. The summed E-state index contributed by atoms with van der Waals surface area (Å²) in [5, 5.41) is 22.3. The van der Waals surface area contributed by atoms with Crippen LogP contribution in [-0.4, -0.2) is 30.3 Å². The van der Waals surface area contributed by atoms with E-state index in [0.717, 1.165) is 31.5 Å². The fraction of sp³-hybridized carbons (Fsp3) is 0.529. The van der Waals surface area contributed by atoms with Gasteiger partial charge in [-0.3, -0.25) is 4.79 Å². The van der Waals surface area contributed by atoms with Gasteiger partial charge in [-0.2, -0.15) is 5.26 Å². The van der Waals surface area contributed by atoms with Crippen molar-refractivity contribution in [2.24, 2.45) is 0 Å². The van der Waals surface area contributed by atoms with Crippen molar-refractivity contribution in [2.45, 2.75) is 44.8 Å². The number of carbonyl (C=O) groups is 1. The third-order valence-corrected chi connectivity index (χ3v) is 3.38. The summed E-state index contributed by atoms with van der Waals surface area (Å²) < 4.78 is 4.55. The number of benzene rings is 1. The van der Waals surface area contributed by atoms with E-state index in [1.165, 1.54) is 0 Å². The van der Waals surface area contributed by atoms with Gasteiger partial charge >= 0.3 is 0 Å². The normalized spacial score (nSPS) is 16.7. The van der Waals surface area contributed by atoms with E-state index in [4.69, 9.17) is 5.26 Å². The molecule has 0 amide bonds. The largest absolute Gasteiger partial charge is 0.462 e. The number of ether oxygens (including phenoxy) is 1. The Labute approximate surface area is 131 Å². The summed E-state index contributed by atoms with van der Waals surface area (Å²) in [5.41, 5.74) is 0.528. The predicted octanol–water partition coefficient (Wildman–Crippen LogP) is 2.09. The van der Waals surface area contributed by atoms with Crippen LogP contribution < -0.4 is 5.32 Å². The Morgan fingerprint density at radius 2 is 1.82 bits per heavy atom. The van der Waals surface area contributed by atoms with Gasteiger partial charge in [-0.25, -0.2) is 0 Å². The van der Waals surface area contributed by atoms with E-state index < -0.39 is 5.60 Å². The highest BCUT2D eigenvalue weighted by Crippen LogP contribution is 2.30. The molecule has 1 heterocycles. The van der Waals surface area contributed by atoms with Crippen LogP contribution in [0.4, 0.5) is 0 Å². The number of aliphatic hydroxyl groups is 1. The molecule has 0 unspecified atom stereocenters. The maximum Gasteiger partial charge on any atom is 0.293 e. The first kappa shape index (κ1) is 18.1.